The summed E-state index contributed by atoms with van der Waals surface area (Å²) in [7, 11) is 0. The minimum atomic E-state index is -1.17. The summed E-state index contributed by atoms with van der Waals surface area (Å²) >= 11 is 1.72. The Morgan fingerprint density at radius 2 is 1.93 bits per heavy atom. The van der Waals surface area contributed by atoms with Gasteiger partial charge >= 0.3 is 6.03 Å². The lowest BCUT2D eigenvalue weighted by Gasteiger charge is -2.33. The largest absolute Gasteiger partial charge is 0.493 e. The molecule has 0 radical (unpaired) electrons. The van der Waals surface area contributed by atoms with E-state index in [9.17, 15) is 14.4 Å². The Balaban J connectivity index is 1.42. The van der Waals surface area contributed by atoms with Crippen molar-refractivity contribution in [3.05, 3.63) is 54.1 Å². The smallest absolute Gasteiger partial charge is 0.325 e. The van der Waals surface area contributed by atoms with Crippen LogP contribution in [0.25, 0.3) is 0 Å². The van der Waals surface area contributed by atoms with E-state index < -0.39 is 17.5 Å². The first-order valence-electron chi connectivity index (χ1n) is 9.99. The molecule has 0 unspecified atom stereocenters. The third-order valence-corrected chi connectivity index (χ3v) is 6.94. The molecule has 2 aromatic carbocycles. The van der Waals surface area contributed by atoms with Crippen molar-refractivity contribution in [2.45, 2.75) is 23.3 Å². The van der Waals surface area contributed by atoms with Gasteiger partial charge in [0.05, 0.1) is 12.3 Å². The van der Waals surface area contributed by atoms with Gasteiger partial charge in [-0.2, -0.15) is 0 Å². The summed E-state index contributed by atoms with van der Waals surface area (Å²) in [5.74, 6) is 0.855. The Kier molecular flexibility index (Phi) is 4.66. The molecule has 1 spiro atoms. The number of nitrogens with one attached hydrogen (secondary N) is 1. The first kappa shape index (κ1) is 19.0. The van der Waals surface area contributed by atoms with Crippen LogP contribution in [0.1, 0.15) is 18.4 Å². The van der Waals surface area contributed by atoms with Gasteiger partial charge in [0.15, 0.2) is 5.54 Å². The van der Waals surface area contributed by atoms with Crippen LogP contribution >= 0.6 is 11.8 Å². The normalized spacial score (nSPS) is 22.8. The molecule has 30 heavy (non-hydrogen) atoms. The fourth-order valence-electron chi connectivity index (χ4n) is 4.32. The van der Waals surface area contributed by atoms with Crippen molar-refractivity contribution >= 4 is 35.3 Å². The fourth-order valence-corrected chi connectivity index (χ4v) is 5.32. The standard InChI is InChI=1S/C22H21N3O4S/c26-19(24-11-5-13-30-18-9-4-2-7-16(18)24)14-25-20(27)22(23-21(25)28)10-12-29-17-8-3-1-6-15(17)22/h1-4,6-9H,5,10-14H2,(H,23,28)/t22-/m1/s1. The van der Waals surface area contributed by atoms with Crippen LogP contribution in [0.4, 0.5) is 10.5 Å². The number of thioether (sulfide) groups is 1. The van der Waals surface area contributed by atoms with Crippen LogP contribution in [0, 0.1) is 0 Å². The predicted molar refractivity (Wildman–Crippen MR) is 113 cm³/mol. The zero-order valence-electron chi connectivity index (χ0n) is 16.3. The molecule has 0 bridgehead atoms. The summed E-state index contributed by atoms with van der Waals surface area (Å²) in [6.45, 7) is 0.601. The van der Waals surface area contributed by atoms with E-state index in [0.717, 1.165) is 27.7 Å². The molecule has 7 nitrogen and oxygen atoms in total. The average Bonchev–Trinajstić information content (AvgIpc) is 2.91. The second-order valence-corrected chi connectivity index (χ2v) is 8.67. The Morgan fingerprint density at radius 1 is 1.13 bits per heavy atom. The third kappa shape index (κ3) is 2.94. The molecule has 154 valence electrons. The molecule has 1 N–H and O–H groups in total. The molecule has 8 heteroatoms. The van der Waals surface area contributed by atoms with Crippen molar-refractivity contribution in [3.8, 4) is 5.75 Å². The number of carbonyl (C=O) groups is 3. The first-order chi connectivity index (χ1) is 14.6. The lowest BCUT2D eigenvalue weighted by molar-refractivity contribution is -0.135. The van der Waals surface area contributed by atoms with Crippen molar-refractivity contribution in [2.75, 3.05) is 30.3 Å². The van der Waals surface area contributed by atoms with Crippen LogP contribution < -0.4 is 15.0 Å². The van der Waals surface area contributed by atoms with Crippen molar-refractivity contribution in [2.24, 2.45) is 0 Å². The van der Waals surface area contributed by atoms with E-state index in [2.05, 4.69) is 5.32 Å². The van der Waals surface area contributed by atoms with Gasteiger partial charge < -0.3 is 15.0 Å². The molecule has 0 saturated carbocycles. The maximum Gasteiger partial charge on any atom is 0.325 e. The Morgan fingerprint density at radius 3 is 2.83 bits per heavy atom. The molecule has 1 atom stereocenters. The van der Waals surface area contributed by atoms with Gasteiger partial charge in [-0.3, -0.25) is 14.5 Å². The SMILES string of the molecule is O=C1N[C@@]2(CCOc3ccccc32)C(=O)N1CC(=O)N1CCCSc2ccccc21. The number of hydrogen-bond donors (Lipinski definition) is 1. The zero-order valence-corrected chi connectivity index (χ0v) is 17.1. The summed E-state index contributed by atoms with van der Waals surface area (Å²) in [5.41, 5.74) is 0.308. The second-order valence-electron chi connectivity index (χ2n) is 7.54. The zero-order chi connectivity index (χ0) is 20.7. The number of nitrogens with zero attached hydrogens (tertiary/aromatic N) is 2. The van der Waals surface area contributed by atoms with E-state index in [1.165, 1.54) is 0 Å². The number of anilines is 1. The highest BCUT2D eigenvalue weighted by Crippen LogP contribution is 2.41. The molecular formula is C22H21N3O4S. The van der Waals surface area contributed by atoms with E-state index in [4.69, 9.17) is 4.74 Å². The number of fused-ring (bicyclic) bond motifs is 3. The Hall–Kier alpha value is -3.00. The highest BCUT2D eigenvalue weighted by Gasteiger charge is 2.55. The quantitative estimate of drug-likeness (QED) is 0.752. The number of imide groups is 1. The maximum atomic E-state index is 13.4. The monoisotopic (exact) mass is 423 g/mol. The Labute approximate surface area is 178 Å². The number of para-hydroxylation sites is 2. The van der Waals surface area contributed by atoms with Crippen LogP contribution in [0.3, 0.4) is 0 Å². The number of amides is 4. The van der Waals surface area contributed by atoms with Crippen LogP contribution in [0.15, 0.2) is 53.4 Å². The number of ether oxygens (including phenoxy) is 1. The summed E-state index contributed by atoms with van der Waals surface area (Å²) < 4.78 is 5.66. The third-order valence-electron chi connectivity index (χ3n) is 5.79. The van der Waals surface area contributed by atoms with Crippen LogP contribution in [0.5, 0.6) is 5.75 Å². The molecule has 3 heterocycles. The molecule has 2 aromatic rings. The topological polar surface area (TPSA) is 79.0 Å². The average molecular weight is 423 g/mol. The van der Waals surface area contributed by atoms with Crippen molar-refractivity contribution in [3.63, 3.8) is 0 Å². The van der Waals surface area contributed by atoms with Gasteiger partial charge in [0.1, 0.15) is 12.3 Å². The molecule has 4 amide bonds. The maximum absolute atomic E-state index is 13.4. The van der Waals surface area contributed by atoms with E-state index >= 15 is 0 Å². The van der Waals surface area contributed by atoms with E-state index in [0.29, 0.717) is 30.9 Å². The summed E-state index contributed by atoms with van der Waals surface area (Å²) in [5, 5.41) is 2.85. The molecule has 0 aromatic heterocycles. The van der Waals surface area contributed by atoms with Gasteiger partial charge in [0.2, 0.25) is 5.91 Å². The van der Waals surface area contributed by atoms with E-state index in [1.807, 2.05) is 36.4 Å². The molecule has 0 aliphatic carbocycles. The van der Waals surface area contributed by atoms with Gasteiger partial charge in [-0.15, -0.1) is 11.8 Å². The van der Waals surface area contributed by atoms with Crippen LogP contribution in [-0.2, 0) is 15.1 Å². The van der Waals surface area contributed by atoms with Crippen molar-refractivity contribution < 1.29 is 19.1 Å². The summed E-state index contributed by atoms with van der Waals surface area (Å²) in [4.78, 5) is 43.2. The van der Waals surface area contributed by atoms with Crippen molar-refractivity contribution in [1.29, 1.82) is 0 Å². The molecule has 1 fully saturated rings. The predicted octanol–water partition coefficient (Wildman–Crippen LogP) is 2.75. The molecular weight excluding hydrogens is 402 g/mol. The van der Waals surface area contributed by atoms with E-state index in [-0.39, 0.29) is 12.5 Å². The number of hydrogen-bond acceptors (Lipinski definition) is 5. The van der Waals surface area contributed by atoms with Crippen LogP contribution in [0.2, 0.25) is 0 Å². The van der Waals surface area contributed by atoms with Crippen molar-refractivity contribution in [1.82, 2.24) is 10.2 Å². The number of benzene rings is 2. The van der Waals surface area contributed by atoms with Gasteiger partial charge in [-0.05, 0) is 30.4 Å². The van der Waals surface area contributed by atoms with Gasteiger partial charge in [0, 0.05) is 23.4 Å². The number of urea groups is 1. The highest BCUT2D eigenvalue weighted by molar-refractivity contribution is 7.99. The Bertz CT molecular complexity index is 1040. The summed E-state index contributed by atoms with van der Waals surface area (Å²) in [6.07, 6.45) is 1.18. The summed E-state index contributed by atoms with van der Waals surface area (Å²) in [6, 6.07) is 14.4. The number of carbonyl (C=O) groups excluding carboxylic acids is 3. The second kappa shape index (κ2) is 7.36. The molecule has 1 saturated heterocycles. The first-order valence-corrected chi connectivity index (χ1v) is 11.0. The minimum absolute atomic E-state index is 0.258. The highest BCUT2D eigenvalue weighted by atomic mass is 32.2. The molecule has 5 rings (SSSR count). The van der Waals surface area contributed by atoms with E-state index in [1.54, 1.807) is 28.8 Å². The number of rotatable bonds is 2. The lowest BCUT2D eigenvalue weighted by Crippen LogP contribution is -2.48. The van der Waals surface area contributed by atoms with Gasteiger partial charge in [-0.1, -0.05) is 30.3 Å². The molecule has 3 aliphatic rings. The van der Waals surface area contributed by atoms with Crippen LogP contribution in [-0.4, -0.2) is 48.2 Å². The van der Waals surface area contributed by atoms with Gasteiger partial charge in [0.25, 0.3) is 5.91 Å². The molecule has 3 aliphatic heterocycles. The minimum Gasteiger partial charge on any atom is -0.493 e. The lowest BCUT2D eigenvalue weighted by atomic mass is 9.84. The fraction of sp³-hybridized carbons (Fsp3) is 0.318. The van der Waals surface area contributed by atoms with Gasteiger partial charge in [-0.25, -0.2) is 4.79 Å².